The number of rotatable bonds is 10. The summed E-state index contributed by atoms with van der Waals surface area (Å²) in [6.45, 7) is 9.06. The van der Waals surface area contributed by atoms with Gasteiger partial charge in [-0.15, -0.1) is 0 Å². The lowest BCUT2D eigenvalue weighted by atomic mass is 9.60. The molecule has 0 saturated carbocycles. The van der Waals surface area contributed by atoms with Crippen LogP contribution in [0.2, 0.25) is 0 Å². The molecule has 4 aliphatic carbocycles. The van der Waals surface area contributed by atoms with Gasteiger partial charge in [0.2, 0.25) is 0 Å². The van der Waals surface area contributed by atoms with Crippen LogP contribution in [0.3, 0.4) is 0 Å². The van der Waals surface area contributed by atoms with Crippen molar-refractivity contribution in [3.63, 3.8) is 0 Å². The number of anilines is 4. The smallest absolute Gasteiger partial charge is 0.0506 e. The van der Waals surface area contributed by atoms with Crippen molar-refractivity contribution in [1.29, 1.82) is 0 Å². The summed E-state index contributed by atoms with van der Waals surface area (Å²) in [5, 5.41) is 0. The van der Waals surface area contributed by atoms with Crippen LogP contribution in [-0.4, -0.2) is 0 Å². The van der Waals surface area contributed by atoms with Crippen molar-refractivity contribution >= 4 is 33.9 Å². The predicted molar refractivity (Wildman–Crippen MR) is 253 cm³/mol. The van der Waals surface area contributed by atoms with Crippen LogP contribution < -0.4 is 9.80 Å². The number of hydrogen-bond acceptors (Lipinski definition) is 2. The molecule has 0 radical (unpaired) electrons. The van der Waals surface area contributed by atoms with E-state index in [0.29, 0.717) is 11.8 Å². The third kappa shape index (κ3) is 6.63. The maximum atomic E-state index is 2.49. The molecular formula is C58H50N2. The van der Waals surface area contributed by atoms with Gasteiger partial charge in [0.25, 0.3) is 0 Å². The number of nitrogens with zero attached hydrogens (tertiary/aromatic N) is 2. The summed E-state index contributed by atoms with van der Waals surface area (Å²) >= 11 is 0. The maximum absolute atomic E-state index is 2.49. The van der Waals surface area contributed by atoms with E-state index in [0.717, 1.165) is 22.7 Å². The van der Waals surface area contributed by atoms with Gasteiger partial charge >= 0.3 is 0 Å². The molecule has 60 heavy (non-hydrogen) atoms. The Balaban J connectivity index is 1.24. The van der Waals surface area contributed by atoms with Gasteiger partial charge in [0.15, 0.2) is 0 Å². The van der Waals surface area contributed by atoms with Crippen LogP contribution in [0.1, 0.15) is 61.8 Å². The summed E-state index contributed by atoms with van der Waals surface area (Å²) < 4.78 is 0. The predicted octanol–water partition coefficient (Wildman–Crippen LogP) is 15.3. The Hall–Kier alpha value is -6.90. The number of benzene rings is 6. The van der Waals surface area contributed by atoms with E-state index in [9.17, 15) is 0 Å². The molecule has 0 N–H and O–H groups in total. The normalized spacial score (nSPS) is 17.8. The van der Waals surface area contributed by atoms with E-state index in [4.69, 9.17) is 0 Å². The van der Waals surface area contributed by atoms with Gasteiger partial charge in [0.05, 0.1) is 11.4 Å². The first kappa shape index (κ1) is 37.4. The summed E-state index contributed by atoms with van der Waals surface area (Å²) in [4.78, 5) is 4.97. The fourth-order valence-corrected chi connectivity index (χ4v) is 9.59. The zero-order valence-electron chi connectivity index (χ0n) is 34.8. The van der Waals surface area contributed by atoms with Gasteiger partial charge < -0.3 is 9.80 Å². The number of allylic oxidation sites excluding steroid dienone is 12. The summed E-state index contributed by atoms with van der Waals surface area (Å²) in [7, 11) is 0. The van der Waals surface area contributed by atoms with Gasteiger partial charge in [-0.1, -0.05) is 173 Å². The minimum atomic E-state index is 0.0738. The Kier molecular flexibility index (Phi) is 9.78. The van der Waals surface area contributed by atoms with Gasteiger partial charge in [-0.3, -0.25) is 0 Å². The Morgan fingerprint density at radius 1 is 0.400 bits per heavy atom. The second-order valence-corrected chi connectivity index (χ2v) is 16.9. The fraction of sp³-hybridized carbons (Fsp3) is 0.138. The summed E-state index contributed by atoms with van der Waals surface area (Å²) in [6, 6.07) is 62.2. The second kappa shape index (κ2) is 15.7. The molecule has 10 rings (SSSR count). The van der Waals surface area contributed by atoms with Gasteiger partial charge in [-0.05, 0) is 128 Å². The molecule has 2 atom stereocenters. The van der Waals surface area contributed by atoms with Gasteiger partial charge in [0, 0.05) is 34.6 Å². The van der Waals surface area contributed by atoms with Crippen molar-refractivity contribution in [2.45, 2.75) is 39.5 Å². The van der Waals surface area contributed by atoms with Crippen molar-refractivity contribution in [3.05, 3.63) is 262 Å². The topological polar surface area (TPSA) is 6.48 Å². The van der Waals surface area contributed by atoms with Crippen LogP contribution in [-0.2, 0) is 0 Å². The molecule has 2 heteroatoms. The molecular weight excluding hydrogens is 725 g/mol. The average Bonchev–Trinajstić information content (AvgIpc) is 3.30. The van der Waals surface area contributed by atoms with E-state index < -0.39 is 0 Å². The minimum Gasteiger partial charge on any atom is -0.310 e. The molecule has 0 bridgehead atoms. The Bertz CT molecular complexity index is 2760. The van der Waals surface area contributed by atoms with Crippen molar-refractivity contribution in [1.82, 2.24) is 0 Å². The van der Waals surface area contributed by atoms with Crippen LogP contribution in [0.25, 0.3) is 11.1 Å². The van der Waals surface area contributed by atoms with Crippen LogP contribution in [0.15, 0.2) is 240 Å². The maximum Gasteiger partial charge on any atom is 0.0506 e. The molecule has 0 heterocycles. The van der Waals surface area contributed by atoms with E-state index >= 15 is 0 Å². The summed E-state index contributed by atoms with van der Waals surface area (Å²) in [6.07, 6.45) is 14.6. The first-order chi connectivity index (χ1) is 29.4. The lowest BCUT2D eigenvalue weighted by Gasteiger charge is -2.47. The molecule has 0 saturated heterocycles. The molecule has 4 aliphatic rings. The van der Waals surface area contributed by atoms with Crippen molar-refractivity contribution in [3.8, 4) is 0 Å². The Labute approximate surface area is 355 Å². The summed E-state index contributed by atoms with van der Waals surface area (Å²) in [5.74, 6) is 1.05. The molecule has 2 nitrogen and oxygen atoms in total. The lowest BCUT2D eigenvalue weighted by molar-refractivity contribution is 0.556. The molecule has 0 amide bonds. The standard InChI is InChI=1S/C58H50N2/c1-39(2)41-25-29-47(30-26-41)59(45-21-13-7-14-22-45)55-37-53(43-17-9-5-10-18-43)49-34-36-52-56(60(46-23-15-8-16-24-46)48-31-27-42(28-32-48)40(3)4)38-54(44-19-11-6-12-20-44)50-33-35-51(55)57(49)58(50)52/h5-40,57-58H,1-4H3. The van der Waals surface area contributed by atoms with Crippen LogP contribution in [0.5, 0.6) is 0 Å². The average molecular weight is 775 g/mol. The third-order valence-electron chi connectivity index (χ3n) is 12.7. The SMILES string of the molecule is CC(C)c1ccc(N(C2=CC(c3ccccc3)=C3C=CC4=C(N(c5ccccc5)c5ccc(C(C)C)cc5)C=C(c5ccccc5)C5=CC=C2C3C54)c2ccccc2)cc1. The van der Waals surface area contributed by atoms with Crippen LogP contribution in [0.4, 0.5) is 22.7 Å². The Morgan fingerprint density at radius 2 is 0.833 bits per heavy atom. The number of hydrogen-bond donors (Lipinski definition) is 0. The van der Waals surface area contributed by atoms with Crippen molar-refractivity contribution in [2.75, 3.05) is 9.80 Å². The van der Waals surface area contributed by atoms with Gasteiger partial charge in [-0.25, -0.2) is 0 Å². The monoisotopic (exact) mass is 774 g/mol. The van der Waals surface area contributed by atoms with E-state index in [1.807, 2.05) is 0 Å². The van der Waals surface area contributed by atoms with Gasteiger partial charge in [0.1, 0.15) is 0 Å². The van der Waals surface area contributed by atoms with E-state index in [1.54, 1.807) is 0 Å². The van der Waals surface area contributed by atoms with E-state index in [2.05, 4.69) is 244 Å². The number of para-hydroxylation sites is 2. The highest BCUT2D eigenvalue weighted by molar-refractivity contribution is 5.93. The quantitative estimate of drug-likeness (QED) is 0.137. The zero-order valence-corrected chi connectivity index (χ0v) is 34.8. The molecule has 0 fully saturated rings. The largest absolute Gasteiger partial charge is 0.310 e. The molecule has 0 aliphatic heterocycles. The third-order valence-corrected chi connectivity index (χ3v) is 12.7. The van der Waals surface area contributed by atoms with Crippen LogP contribution >= 0.6 is 0 Å². The van der Waals surface area contributed by atoms with Crippen molar-refractivity contribution in [2.24, 2.45) is 11.8 Å². The minimum absolute atomic E-state index is 0.0738. The van der Waals surface area contributed by atoms with Crippen LogP contribution in [0, 0.1) is 11.8 Å². The highest BCUT2D eigenvalue weighted by Crippen LogP contribution is 2.58. The van der Waals surface area contributed by atoms with Gasteiger partial charge in [-0.2, -0.15) is 0 Å². The highest BCUT2D eigenvalue weighted by atomic mass is 15.2. The lowest BCUT2D eigenvalue weighted by Crippen LogP contribution is -2.36. The molecule has 0 spiro atoms. The molecule has 292 valence electrons. The fourth-order valence-electron chi connectivity index (χ4n) is 9.59. The van der Waals surface area contributed by atoms with E-state index in [1.165, 1.54) is 67.1 Å². The molecule has 6 aromatic carbocycles. The molecule has 6 aromatic rings. The first-order valence-electron chi connectivity index (χ1n) is 21.5. The van der Waals surface area contributed by atoms with Crippen molar-refractivity contribution < 1.29 is 0 Å². The zero-order chi connectivity index (χ0) is 40.7. The summed E-state index contributed by atoms with van der Waals surface area (Å²) in [5.41, 5.74) is 20.1. The van der Waals surface area contributed by atoms with E-state index in [-0.39, 0.29) is 11.8 Å². The second-order valence-electron chi connectivity index (χ2n) is 16.9. The first-order valence-corrected chi connectivity index (χ1v) is 21.5. The Morgan fingerprint density at radius 3 is 1.38 bits per heavy atom. The highest BCUT2D eigenvalue weighted by Gasteiger charge is 2.46. The molecule has 2 unspecified atom stereocenters. The molecule has 0 aromatic heterocycles.